The molecule has 1 aromatic rings. The average Bonchev–Trinajstić information content (AvgIpc) is 2.36. The minimum Gasteiger partial charge on any atom is -0.352 e. The van der Waals surface area contributed by atoms with Gasteiger partial charge in [-0.3, -0.25) is 4.79 Å². The summed E-state index contributed by atoms with van der Waals surface area (Å²) in [6.07, 6.45) is 2.49. The van der Waals surface area contributed by atoms with Gasteiger partial charge in [-0.05, 0) is 37.8 Å². The molecule has 2 N–H and O–H groups in total. The number of carbonyl (C=O) groups is 1. The Balaban J connectivity index is 1.75. The van der Waals surface area contributed by atoms with Crippen molar-refractivity contribution in [2.24, 2.45) is 5.92 Å². The highest BCUT2D eigenvalue weighted by molar-refractivity contribution is 5.76. The van der Waals surface area contributed by atoms with Gasteiger partial charge < -0.3 is 10.6 Å². The summed E-state index contributed by atoms with van der Waals surface area (Å²) in [5.41, 5.74) is 2.49. The smallest absolute Gasteiger partial charge is 0.220 e. The minimum absolute atomic E-state index is 0.169. The van der Waals surface area contributed by atoms with Crippen LogP contribution in [0.2, 0.25) is 0 Å². The van der Waals surface area contributed by atoms with Crippen molar-refractivity contribution >= 4 is 5.91 Å². The molecule has 3 heteroatoms. The van der Waals surface area contributed by atoms with Gasteiger partial charge in [0.15, 0.2) is 0 Å². The number of hydrogen-bond donors (Lipinski definition) is 2. The molecule has 1 fully saturated rings. The van der Waals surface area contributed by atoms with Gasteiger partial charge in [0.25, 0.3) is 0 Å². The molecule has 2 atom stereocenters. The first kappa shape index (κ1) is 14.1. The number of hydrogen-bond acceptors (Lipinski definition) is 2. The van der Waals surface area contributed by atoms with Gasteiger partial charge >= 0.3 is 0 Å². The van der Waals surface area contributed by atoms with Crippen LogP contribution in [0.4, 0.5) is 0 Å². The van der Waals surface area contributed by atoms with Crippen molar-refractivity contribution in [3.63, 3.8) is 0 Å². The first-order chi connectivity index (χ1) is 9.13. The van der Waals surface area contributed by atoms with E-state index >= 15 is 0 Å². The number of aryl methyl sites for hydroxylation is 2. The van der Waals surface area contributed by atoms with E-state index in [1.54, 1.807) is 0 Å². The summed E-state index contributed by atoms with van der Waals surface area (Å²) in [5.74, 6) is 0.818. The van der Waals surface area contributed by atoms with Crippen molar-refractivity contribution in [1.82, 2.24) is 10.6 Å². The standard InChI is InChI=1S/C16H24N2O/c1-12-4-3-5-14(8-12)6-7-16(19)18-15-9-13(2)10-17-11-15/h3-5,8,13,15,17H,6-7,9-11H2,1-2H3,(H,18,19). The Hall–Kier alpha value is -1.35. The van der Waals surface area contributed by atoms with Crippen molar-refractivity contribution < 1.29 is 4.79 Å². The minimum atomic E-state index is 0.169. The third-order valence-electron chi connectivity index (χ3n) is 3.66. The number of benzene rings is 1. The molecule has 1 aliphatic rings. The average molecular weight is 260 g/mol. The van der Waals surface area contributed by atoms with Gasteiger partial charge in [-0.15, -0.1) is 0 Å². The summed E-state index contributed by atoms with van der Waals surface area (Å²) >= 11 is 0. The fraction of sp³-hybridized carbons (Fsp3) is 0.562. The molecule has 0 spiro atoms. The predicted molar refractivity (Wildman–Crippen MR) is 78.1 cm³/mol. The summed E-state index contributed by atoms with van der Waals surface area (Å²) in [6, 6.07) is 8.67. The molecule has 1 aromatic carbocycles. The predicted octanol–water partition coefficient (Wildman–Crippen LogP) is 2.04. The first-order valence-electron chi connectivity index (χ1n) is 7.19. The lowest BCUT2D eigenvalue weighted by atomic mass is 9.97. The summed E-state index contributed by atoms with van der Waals surface area (Å²) in [7, 11) is 0. The van der Waals surface area contributed by atoms with Gasteiger partial charge in [-0.2, -0.15) is 0 Å². The monoisotopic (exact) mass is 260 g/mol. The Bertz CT molecular complexity index is 431. The highest BCUT2D eigenvalue weighted by Gasteiger charge is 2.19. The Morgan fingerprint density at radius 1 is 1.42 bits per heavy atom. The number of rotatable bonds is 4. The van der Waals surface area contributed by atoms with Crippen LogP contribution in [0.3, 0.4) is 0 Å². The lowest BCUT2D eigenvalue weighted by molar-refractivity contribution is -0.121. The van der Waals surface area contributed by atoms with Gasteiger partial charge in [-0.1, -0.05) is 36.8 Å². The van der Waals surface area contributed by atoms with Crippen LogP contribution in [-0.2, 0) is 11.2 Å². The van der Waals surface area contributed by atoms with Crippen molar-refractivity contribution in [2.45, 2.75) is 39.2 Å². The van der Waals surface area contributed by atoms with Gasteiger partial charge in [0.1, 0.15) is 0 Å². The zero-order valence-electron chi connectivity index (χ0n) is 11.9. The second kappa shape index (κ2) is 6.71. The molecule has 0 bridgehead atoms. The third-order valence-corrected chi connectivity index (χ3v) is 3.66. The van der Waals surface area contributed by atoms with Gasteiger partial charge in [0.05, 0.1) is 0 Å². The van der Waals surface area contributed by atoms with Crippen LogP contribution in [0.15, 0.2) is 24.3 Å². The van der Waals surface area contributed by atoms with E-state index in [-0.39, 0.29) is 5.91 Å². The normalized spacial score (nSPS) is 23.1. The number of amides is 1. The molecule has 0 aliphatic carbocycles. The lowest BCUT2D eigenvalue weighted by Crippen LogP contribution is -2.48. The Morgan fingerprint density at radius 2 is 2.26 bits per heavy atom. The fourth-order valence-electron chi connectivity index (χ4n) is 2.69. The second-order valence-corrected chi connectivity index (χ2v) is 5.75. The zero-order valence-corrected chi connectivity index (χ0v) is 11.9. The lowest BCUT2D eigenvalue weighted by Gasteiger charge is -2.28. The SMILES string of the molecule is Cc1cccc(CCC(=O)NC2CNCC(C)C2)c1. The molecule has 1 saturated heterocycles. The largest absolute Gasteiger partial charge is 0.352 e. The van der Waals surface area contributed by atoms with Gasteiger partial charge in [0, 0.05) is 19.0 Å². The molecule has 0 aromatic heterocycles. The molecule has 1 aliphatic heterocycles. The van der Waals surface area contributed by atoms with Crippen LogP contribution in [0.25, 0.3) is 0 Å². The Labute approximate surface area is 115 Å². The Kier molecular flexibility index (Phi) is 4.97. The summed E-state index contributed by atoms with van der Waals surface area (Å²) in [5, 5.41) is 6.49. The molecule has 3 nitrogen and oxygen atoms in total. The molecular formula is C16H24N2O. The van der Waals surface area contributed by atoms with Gasteiger partial charge in [-0.25, -0.2) is 0 Å². The van der Waals surface area contributed by atoms with Crippen molar-refractivity contribution in [3.05, 3.63) is 35.4 Å². The van der Waals surface area contributed by atoms with E-state index in [1.165, 1.54) is 11.1 Å². The van der Waals surface area contributed by atoms with Crippen molar-refractivity contribution in [2.75, 3.05) is 13.1 Å². The summed E-state index contributed by atoms with van der Waals surface area (Å²) in [4.78, 5) is 11.9. The van der Waals surface area contributed by atoms with Crippen LogP contribution in [0.5, 0.6) is 0 Å². The summed E-state index contributed by atoms with van der Waals surface area (Å²) < 4.78 is 0. The number of piperidine rings is 1. The molecule has 0 saturated carbocycles. The van der Waals surface area contributed by atoms with Crippen LogP contribution in [-0.4, -0.2) is 25.0 Å². The van der Waals surface area contributed by atoms with E-state index in [0.29, 0.717) is 18.4 Å². The van der Waals surface area contributed by atoms with E-state index in [4.69, 9.17) is 0 Å². The van der Waals surface area contributed by atoms with E-state index in [9.17, 15) is 4.79 Å². The molecule has 1 heterocycles. The van der Waals surface area contributed by atoms with E-state index in [0.717, 1.165) is 25.9 Å². The Morgan fingerprint density at radius 3 is 3.00 bits per heavy atom. The number of nitrogens with one attached hydrogen (secondary N) is 2. The maximum absolute atomic E-state index is 11.9. The topological polar surface area (TPSA) is 41.1 Å². The molecule has 1 amide bonds. The van der Waals surface area contributed by atoms with Crippen molar-refractivity contribution in [3.8, 4) is 0 Å². The molecule has 104 valence electrons. The van der Waals surface area contributed by atoms with Crippen molar-refractivity contribution in [1.29, 1.82) is 0 Å². The van der Waals surface area contributed by atoms with Crippen LogP contribution in [0, 0.1) is 12.8 Å². The molecule has 0 radical (unpaired) electrons. The molecule has 2 rings (SSSR count). The molecule has 2 unspecified atom stereocenters. The maximum atomic E-state index is 11.9. The maximum Gasteiger partial charge on any atom is 0.220 e. The van der Waals surface area contributed by atoms with Crippen LogP contribution < -0.4 is 10.6 Å². The quantitative estimate of drug-likeness (QED) is 0.870. The highest BCUT2D eigenvalue weighted by Crippen LogP contribution is 2.10. The highest BCUT2D eigenvalue weighted by atomic mass is 16.1. The first-order valence-corrected chi connectivity index (χ1v) is 7.19. The second-order valence-electron chi connectivity index (χ2n) is 5.75. The molecule has 19 heavy (non-hydrogen) atoms. The van der Waals surface area contributed by atoms with E-state index in [2.05, 4.69) is 48.7 Å². The van der Waals surface area contributed by atoms with E-state index in [1.807, 2.05) is 0 Å². The zero-order chi connectivity index (χ0) is 13.7. The van der Waals surface area contributed by atoms with Crippen LogP contribution >= 0.6 is 0 Å². The summed E-state index contributed by atoms with van der Waals surface area (Å²) in [6.45, 7) is 6.27. The molecular weight excluding hydrogens is 236 g/mol. The number of carbonyl (C=O) groups excluding carboxylic acids is 1. The fourth-order valence-corrected chi connectivity index (χ4v) is 2.69. The van der Waals surface area contributed by atoms with Gasteiger partial charge in [0.2, 0.25) is 5.91 Å². The van der Waals surface area contributed by atoms with E-state index < -0.39 is 0 Å². The van der Waals surface area contributed by atoms with Crippen LogP contribution in [0.1, 0.15) is 30.9 Å². The third kappa shape index (κ3) is 4.67.